The van der Waals surface area contributed by atoms with Gasteiger partial charge in [-0.1, -0.05) is 41.5 Å². The van der Waals surface area contributed by atoms with Crippen LogP contribution in [0.2, 0.25) is 0 Å². The molecule has 0 aliphatic heterocycles. The van der Waals surface area contributed by atoms with Gasteiger partial charge in [0.2, 0.25) is 0 Å². The van der Waals surface area contributed by atoms with Crippen molar-refractivity contribution in [1.82, 2.24) is 20.2 Å². The van der Waals surface area contributed by atoms with Crippen LogP contribution in [-0.4, -0.2) is 31.2 Å². The average molecular weight is 316 g/mol. The molecule has 0 unspecified atom stereocenters. The minimum atomic E-state index is -3.57. The quantitative estimate of drug-likeness (QED) is 0.683. The van der Waals surface area contributed by atoms with Crippen LogP contribution in [0.3, 0.4) is 0 Å². The third-order valence-corrected chi connectivity index (χ3v) is 5.34. The van der Waals surface area contributed by atoms with Gasteiger partial charge in [0, 0.05) is 24.7 Å². The number of aromatic nitrogens is 2. The summed E-state index contributed by atoms with van der Waals surface area (Å²) in [6, 6.07) is 0.281. The molecule has 0 saturated heterocycles. The highest BCUT2D eigenvalue weighted by Crippen LogP contribution is 2.25. The molecule has 0 fully saturated rings. The third-order valence-electron chi connectivity index (χ3n) is 3.93. The summed E-state index contributed by atoms with van der Waals surface area (Å²) in [4.78, 5) is 0. The Morgan fingerprint density at radius 2 is 1.90 bits per heavy atom. The van der Waals surface area contributed by atoms with Gasteiger partial charge in [-0.15, -0.1) is 0 Å². The Hall–Kier alpha value is -0.920. The van der Waals surface area contributed by atoms with Crippen LogP contribution in [0.4, 0.5) is 0 Å². The lowest BCUT2D eigenvalue weighted by Crippen LogP contribution is -2.37. The molecule has 0 aliphatic carbocycles. The molecule has 122 valence electrons. The van der Waals surface area contributed by atoms with Crippen LogP contribution in [0.15, 0.2) is 11.2 Å². The van der Waals surface area contributed by atoms with E-state index in [2.05, 4.69) is 34.1 Å². The van der Waals surface area contributed by atoms with Crippen molar-refractivity contribution in [2.45, 2.75) is 59.2 Å². The Labute approximate surface area is 128 Å². The highest BCUT2D eigenvalue weighted by molar-refractivity contribution is 7.89. The molecule has 6 nitrogen and oxygen atoms in total. The normalized spacial score (nSPS) is 13.3. The Balaban J connectivity index is 2.82. The molecule has 0 aliphatic rings. The first kappa shape index (κ1) is 18.1. The van der Waals surface area contributed by atoms with Crippen LogP contribution >= 0.6 is 0 Å². The number of hydrogen-bond donors (Lipinski definition) is 3. The van der Waals surface area contributed by atoms with Gasteiger partial charge >= 0.3 is 0 Å². The van der Waals surface area contributed by atoms with Crippen molar-refractivity contribution in [1.29, 1.82) is 0 Å². The Morgan fingerprint density at radius 1 is 1.29 bits per heavy atom. The molecule has 0 spiro atoms. The minimum Gasteiger partial charge on any atom is -0.310 e. The summed E-state index contributed by atoms with van der Waals surface area (Å²) < 4.78 is 27.5. The standard InChI is InChI=1S/C14H28N4O2S/c1-10(2)14(5,6)9-17-21(19,20)13-12(8-16-18-13)7-15-11(3)4/h8,10-11,15,17H,7,9H2,1-6H3,(H,16,18). The van der Waals surface area contributed by atoms with Crippen LogP contribution in [0.25, 0.3) is 0 Å². The number of aromatic amines is 1. The molecule has 1 aromatic heterocycles. The van der Waals surface area contributed by atoms with Crippen LogP contribution in [0, 0.1) is 11.3 Å². The summed E-state index contributed by atoms with van der Waals surface area (Å²) in [5, 5.41) is 9.80. The molecular formula is C14H28N4O2S. The van der Waals surface area contributed by atoms with E-state index in [0.29, 0.717) is 24.6 Å². The lowest BCUT2D eigenvalue weighted by molar-refractivity contribution is 0.252. The van der Waals surface area contributed by atoms with Gasteiger partial charge in [0.15, 0.2) is 5.03 Å². The maximum atomic E-state index is 12.4. The van der Waals surface area contributed by atoms with Crippen molar-refractivity contribution in [3.63, 3.8) is 0 Å². The molecule has 1 rings (SSSR count). The van der Waals surface area contributed by atoms with Crippen LogP contribution in [-0.2, 0) is 16.6 Å². The SMILES string of the molecule is CC(C)NCc1cn[nH]c1S(=O)(=O)NCC(C)(C)C(C)C. The maximum Gasteiger partial charge on any atom is 0.257 e. The molecule has 1 aromatic rings. The summed E-state index contributed by atoms with van der Waals surface area (Å²) >= 11 is 0. The second-order valence-corrected chi connectivity index (χ2v) is 8.43. The third kappa shape index (κ3) is 5.09. The summed E-state index contributed by atoms with van der Waals surface area (Å²) in [6.07, 6.45) is 1.55. The van der Waals surface area contributed by atoms with Gasteiger partial charge in [0.1, 0.15) is 0 Å². The topological polar surface area (TPSA) is 86.9 Å². The monoisotopic (exact) mass is 316 g/mol. The fourth-order valence-electron chi connectivity index (χ4n) is 1.53. The van der Waals surface area contributed by atoms with Crippen molar-refractivity contribution in [3.8, 4) is 0 Å². The first-order valence-corrected chi connectivity index (χ1v) is 8.80. The number of rotatable bonds is 8. The molecular weight excluding hydrogens is 288 g/mol. The molecule has 0 radical (unpaired) electrons. The van der Waals surface area contributed by atoms with Crippen molar-refractivity contribution in [3.05, 3.63) is 11.8 Å². The highest BCUT2D eigenvalue weighted by atomic mass is 32.2. The van der Waals surface area contributed by atoms with E-state index in [1.54, 1.807) is 6.20 Å². The molecule has 0 aromatic carbocycles. The lowest BCUT2D eigenvalue weighted by atomic mass is 9.81. The summed E-state index contributed by atoms with van der Waals surface area (Å²) in [6.45, 7) is 13.2. The lowest BCUT2D eigenvalue weighted by Gasteiger charge is -2.29. The molecule has 1 heterocycles. The van der Waals surface area contributed by atoms with E-state index in [1.165, 1.54) is 0 Å². The number of H-pyrrole nitrogens is 1. The zero-order valence-electron chi connectivity index (χ0n) is 13.8. The Bertz CT molecular complexity index is 547. The van der Waals surface area contributed by atoms with Crippen molar-refractivity contribution in [2.75, 3.05) is 6.54 Å². The molecule has 0 saturated carbocycles. The van der Waals surface area contributed by atoms with E-state index in [1.807, 2.05) is 27.7 Å². The highest BCUT2D eigenvalue weighted by Gasteiger charge is 2.27. The van der Waals surface area contributed by atoms with E-state index < -0.39 is 10.0 Å². The number of hydrogen-bond acceptors (Lipinski definition) is 4. The van der Waals surface area contributed by atoms with Gasteiger partial charge in [0.25, 0.3) is 10.0 Å². The first-order valence-electron chi connectivity index (χ1n) is 7.31. The van der Waals surface area contributed by atoms with E-state index in [-0.39, 0.29) is 16.5 Å². The van der Waals surface area contributed by atoms with Crippen LogP contribution < -0.4 is 10.0 Å². The summed E-state index contributed by atoms with van der Waals surface area (Å²) in [7, 11) is -3.57. The fourth-order valence-corrected chi connectivity index (χ4v) is 2.88. The predicted octanol–water partition coefficient (Wildman–Crippen LogP) is 1.87. The second-order valence-electron chi connectivity index (χ2n) is 6.73. The van der Waals surface area contributed by atoms with Gasteiger partial charge in [-0.05, 0) is 11.3 Å². The van der Waals surface area contributed by atoms with Crippen molar-refractivity contribution < 1.29 is 8.42 Å². The number of nitrogens with zero attached hydrogens (tertiary/aromatic N) is 1. The second kappa shape index (κ2) is 6.89. The van der Waals surface area contributed by atoms with E-state index in [0.717, 1.165) is 0 Å². The molecule has 7 heteroatoms. The van der Waals surface area contributed by atoms with Gasteiger partial charge < -0.3 is 5.32 Å². The minimum absolute atomic E-state index is 0.108. The zero-order chi connectivity index (χ0) is 16.3. The number of nitrogens with one attached hydrogen (secondary N) is 3. The summed E-state index contributed by atoms with van der Waals surface area (Å²) in [5.41, 5.74) is 0.544. The summed E-state index contributed by atoms with van der Waals surface area (Å²) in [5.74, 6) is 0.379. The smallest absolute Gasteiger partial charge is 0.257 e. The van der Waals surface area contributed by atoms with Gasteiger partial charge in [-0.2, -0.15) is 5.10 Å². The Morgan fingerprint density at radius 3 is 2.43 bits per heavy atom. The molecule has 0 bridgehead atoms. The van der Waals surface area contributed by atoms with Gasteiger partial charge in [-0.25, -0.2) is 13.1 Å². The fraction of sp³-hybridized carbons (Fsp3) is 0.786. The van der Waals surface area contributed by atoms with Gasteiger partial charge in [0.05, 0.1) is 6.20 Å². The maximum absolute atomic E-state index is 12.4. The van der Waals surface area contributed by atoms with E-state index >= 15 is 0 Å². The van der Waals surface area contributed by atoms with E-state index in [9.17, 15) is 8.42 Å². The average Bonchev–Trinajstić information content (AvgIpc) is 2.83. The molecule has 0 amide bonds. The predicted molar refractivity (Wildman–Crippen MR) is 84.4 cm³/mol. The van der Waals surface area contributed by atoms with Crippen molar-refractivity contribution >= 4 is 10.0 Å². The largest absolute Gasteiger partial charge is 0.310 e. The molecule has 21 heavy (non-hydrogen) atoms. The van der Waals surface area contributed by atoms with Crippen LogP contribution in [0.1, 0.15) is 47.1 Å². The van der Waals surface area contributed by atoms with Crippen molar-refractivity contribution in [2.24, 2.45) is 11.3 Å². The van der Waals surface area contributed by atoms with Gasteiger partial charge in [-0.3, -0.25) is 5.10 Å². The van der Waals surface area contributed by atoms with Crippen LogP contribution in [0.5, 0.6) is 0 Å². The van der Waals surface area contributed by atoms with E-state index in [4.69, 9.17) is 0 Å². The zero-order valence-corrected chi connectivity index (χ0v) is 14.6. The molecule has 0 atom stereocenters. The number of sulfonamides is 1. The molecule has 3 N–H and O–H groups in total. The first-order chi connectivity index (χ1) is 9.56. The Kier molecular flexibility index (Phi) is 5.95.